The van der Waals surface area contributed by atoms with Crippen molar-refractivity contribution in [3.05, 3.63) is 85.5 Å². The molecule has 1 fully saturated rings. The second kappa shape index (κ2) is 7.28. The van der Waals surface area contributed by atoms with Gasteiger partial charge in [0.25, 0.3) is 11.6 Å². The Balaban J connectivity index is 1.69. The summed E-state index contributed by atoms with van der Waals surface area (Å²) >= 11 is 0. The summed E-state index contributed by atoms with van der Waals surface area (Å²) in [5.41, 5.74) is 0.155. The maximum Gasteiger partial charge on any atom is 0.291 e. The molecular weight excluding hydrogens is 407 g/mol. The summed E-state index contributed by atoms with van der Waals surface area (Å²) in [6.45, 7) is 0.844. The quantitative estimate of drug-likeness (QED) is 0.469. The van der Waals surface area contributed by atoms with Crippen LogP contribution in [0.4, 0.5) is 10.1 Å². The van der Waals surface area contributed by atoms with Gasteiger partial charge in [0.05, 0.1) is 28.0 Å². The normalized spacial score (nSPS) is 20.4. The van der Waals surface area contributed by atoms with Crippen LogP contribution in [0.3, 0.4) is 0 Å². The lowest BCUT2D eigenvalue weighted by atomic mass is 9.98. The van der Waals surface area contributed by atoms with Gasteiger partial charge < -0.3 is 14.1 Å². The molecule has 0 aliphatic carbocycles. The Bertz CT molecular complexity index is 1260. The highest BCUT2D eigenvalue weighted by molar-refractivity contribution is 5.99. The molecule has 1 amide bonds. The molecule has 2 aliphatic rings. The summed E-state index contributed by atoms with van der Waals surface area (Å²) < 4.78 is 25.2. The molecule has 0 radical (unpaired) electrons. The zero-order valence-electron chi connectivity index (χ0n) is 16.2. The molecule has 158 valence electrons. The molecule has 31 heavy (non-hydrogen) atoms. The Kier molecular flexibility index (Phi) is 4.55. The molecule has 2 atom stereocenters. The van der Waals surface area contributed by atoms with Crippen molar-refractivity contribution in [2.45, 2.75) is 25.0 Å². The number of rotatable bonds is 4. The van der Waals surface area contributed by atoms with Crippen molar-refractivity contribution in [1.29, 1.82) is 0 Å². The zero-order chi connectivity index (χ0) is 21.7. The summed E-state index contributed by atoms with van der Waals surface area (Å²) in [4.78, 5) is 38.6. The van der Waals surface area contributed by atoms with Crippen molar-refractivity contribution in [2.24, 2.45) is 0 Å². The monoisotopic (exact) mass is 424 g/mol. The van der Waals surface area contributed by atoms with E-state index in [1.807, 2.05) is 0 Å². The molecule has 1 saturated heterocycles. The van der Waals surface area contributed by atoms with Gasteiger partial charge in [0.1, 0.15) is 11.4 Å². The summed E-state index contributed by atoms with van der Waals surface area (Å²) in [6.07, 6.45) is 1.48. The number of carbonyl (C=O) groups excluding carboxylic acids is 1. The Labute approximate surface area is 175 Å². The largest absolute Gasteiger partial charge is 0.450 e. The summed E-state index contributed by atoms with van der Waals surface area (Å²) in [6, 6.07) is 8.44. The number of carbonyl (C=O) groups is 1. The zero-order valence-corrected chi connectivity index (χ0v) is 16.2. The fourth-order valence-corrected chi connectivity index (χ4v) is 4.31. The van der Waals surface area contributed by atoms with Gasteiger partial charge in [-0.05, 0) is 48.7 Å². The molecule has 3 aromatic rings. The van der Waals surface area contributed by atoms with Gasteiger partial charge in [-0.15, -0.1) is 0 Å². The number of non-ortho nitro benzene ring substituents is 1. The predicted molar refractivity (Wildman–Crippen MR) is 107 cm³/mol. The molecule has 0 saturated carbocycles. The Morgan fingerprint density at radius 3 is 2.61 bits per heavy atom. The van der Waals surface area contributed by atoms with E-state index in [1.54, 1.807) is 0 Å². The number of hydrogen-bond acceptors (Lipinski definition) is 6. The number of hydrogen-bond donors (Lipinski definition) is 0. The third-order valence-corrected chi connectivity index (χ3v) is 5.77. The first-order valence-corrected chi connectivity index (χ1v) is 9.87. The number of nitrogens with zero attached hydrogens (tertiary/aromatic N) is 2. The Morgan fingerprint density at radius 2 is 1.94 bits per heavy atom. The lowest BCUT2D eigenvalue weighted by Gasteiger charge is -2.27. The Morgan fingerprint density at radius 1 is 1.16 bits per heavy atom. The van der Waals surface area contributed by atoms with Crippen LogP contribution in [-0.4, -0.2) is 35.0 Å². The van der Waals surface area contributed by atoms with Gasteiger partial charge in [-0.25, -0.2) is 4.39 Å². The van der Waals surface area contributed by atoms with E-state index in [9.17, 15) is 24.1 Å². The average molecular weight is 424 g/mol. The number of amides is 1. The molecule has 0 bridgehead atoms. The summed E-state index contributed by atoms with van der Waals surface area (Å²) in [7, 11) is 0. The van der Waals surface area contributed by atoms with Gasteiger partial charge in [-0.1, -0.05) is 0 Å². The van der Waals surface area contributed by atoms with E-state index < -0.39 is 28.1 Å². The van der Waals surface area contributed by atoms with Crippen LogP contribution in [0.5, 0.6) is 0 Å². The average Bonchev–Trinajstić information content (AvgIpc) is 3.36. The fraction of sp³-hybridized carbons (Fsp3) is 0.273. The molecule has 5 rings (SSSR count). The smallest absolute Gasteiger partial charge is 0.291 e. The molecule has 2 aliphatic heterocycles. The van der Waals surface area contributed by atoms with Crippen molar-refractivity contribution >= 4 is 22.6 Å². The highest BCUT2D eigenvalue weighted by Crippen LogP contribution is 2.39. The van der Waals surface area contributed by atoms with Crippen LogP contribution in [0.25, 0.3) is 11.0 Å². The van der Waals surface area contributed by atoms with E-state index in [-0.39, 0.29) is 40.6 Å². The first kappa shape index (κ1) is 19.4. The molecule has 1 aromatic heterocycles. The summed E-state index contributed by atoms with van der Waals surface area (Å²) in [5.74, 6) is -1.14. The van der Waals surface area contributed by atoms with Crippen molar-refractivity contribution < 1.29 is 23.3 Å². The molecule has 0 N–H and O–H groups in total. The summed E-state index contributed by atoms with van der Waals surface area (Å²) in [5, 5.41) is 11.1. The van der Waals surface area contributed by atoms with E-state index in [0.29, 0.717) is 12.2 Å². The third kappa shape index (κ3) is 3.17. The standard InChI is InChI=1S/C22H17FN2O6/c23-13-5-8-17-16(10-13)20(26)18-19(12-3-6-14(7-4-12)25(28)29)24(22(27)21(18)31-17)11-15-2-1-9-30-15/h3-8,10,15,19H,1-2,9,11H2/t15-,19+/m0/s1. The minimum Gasteiger partial charge on any atom is -0.450 e. The fourth-order valence-electron chi connectivity index (χ4n) is 4.31. The van der Waals surface area contributed by atoms with Crippen molar-refractivity contribution in [3.8, 4) is 0 Å². The highest BCUT2D eigenvalue weighted by Gasteiger charge is 2.44. The van der Waals surface area contributed by atoms with Crippen LogP contribution < -0.4 is 5.43 Å². The van der Waals surface area contributed by atoms with E-state index in [1.165, 1.54) is 35.2 Å². The Hall–Kier alpha value is -3.59. The van der Waals surface area contributed by atoms with Crippen LogP contribution in [0, 0.1) is 15.9 Å². The minimum atomic E-state index is -0.809. The van der Waals surface area contributed by atoms with Crippen molar-refractivity contribution in [3.63, 3.8) is 0 Å². The van der Waals surface area contributed by atoms with Crippen LogP contribution in [-0.2, 0) is 4.74 Å². The maximum atomic E-state index is 13.8. The van der Waals surface area contributed by atoms with E-state index >= 15 is 0 Å². The number of fused-ring (bicyclic) bond motifs is 2. The second-order valence-corrected chi connectivity index (χ2v) is 7.66. The van der Waals surface area contributed by atoms with Gasteiger partial charge in [0, 0.05) is 25.3 Å². The van der Waals surface area contributed by atoms with Crippen LogP contribution in [0.15, 0.2) is 51.7 Å². The maximum absolute atomic E-state index is 13.8. The first-order chi connectivity index (χ1) is 14.9. The topological polar surface area (TPSA) is 103 Å². The number of benzene rings is 2. The van der Waals surface area contributed by atoms with Crippen molar-refractivity contribution in [2.75, 3.05) is 13.2 Å². The van der Waals surface area contributed by atoms with Crippen molar-refractivity contribution in [1.82, 2.24) is 4.90 Å². The molecule has 0 unspecified atom stereocenters. The van der Waals surface area contributed by atoms with Crippen LogP contribution in [0.2, 0.25) is 0 Å². The number of nitro benzene ring substituents is 1. The van der Waals surface area contributed by atoms with E-state index in [0.717, 1.165) is 25.0 Å². The molecule has 9 heteroatoms. The second-order valence-electron chi connectivity index (χ2n) is 7.66. The SMILES string of the molecule is O=C1c2oc3ccc(F)cc3c(=O)c2[C@@H](c2ccc([N+](=O)[O-])cc2)N1C[C@@H]1CCCO1. The lowest BCUT2D eigenvalue weighted by Crippen LogP contribution is -2.36. The van der Waals surface area contributed by atoms with E-state index in [4.69, 9.17) is 9.15 Å². The lowest BCUT2D eigenvalue weighted by molar-refractivity contribution is -0.384. The molecule has 0 spiro atoms. The predicted octanol–water partition coefficient (Wildman–Crippen LogP) is 3.56. The van der Waals surface area contributed by atoms with Gasteiger partial charge >= 0.3 is 0 Å². The van der Waals surface area contributed by atoms with Gasteiger partial charge in [-0.2, -0.15) is 0 Å². The first-order valence-electron chi connectivity index (χ1n) is 9.87. The number of nitro groups is 1. The van der Waals surface area contributed by atoms with Crippen LogP contribution >= 0.6 is 0 Å². The number of halogens is 1. The van der Waals surface area contributed by atoms with Crippen LogP contribution in [0.1, 0.15) is 40.6 Å². The van der Waals surface area contributed by atoms with Gasteiger partial charge in [0.2, 0.25) is 5.76 Å². The highest BCUT2D eigenvalue weighted by atomic mass is 19.1. The van der Waals surface area contributed by atoms with Gasteiger partial charge in [-0.3, -0.25) is 19.7 Å². The third-order valence-electron chi connectivity index (χ3n) is 5.77. The molecule has 2 aromatic carbocycles. The molecule has 8 nitrogen and oxygen atoms in total. The molecular formula is C22H17FN2O6. The van der Waals surface area contributed by atoms with E-state index in [2.05, 4.69) is 0 Å². The number of ether oxygens (including phenoxy) is 1. The molecule has 3 heterocycles. The minimum absolute atomic E-state index is 0.0393. The van der Waals surface area contributed by atoms with Gasteiger partial charge in [0.15, 0.2) is 5.43 Å².